The van der Waals surface area contributed by atoms with Crippen molar-refractivity contribution in [2.75, 3.05) is 0 Å². The average molecular weight is 190 g/mol. The van der Waals surface area contributed by atoms with Crippen LogP contribution in [0.4, 0.5) is 0 Å². The zero-order valence-electron chi connectivity index (χ0n) is 8.99. The number of hydrogen-bond donors (Lipinski definition) is 0. The van der Waals surface area contributed by atoms with Crippen molar-refractivity contribution in [3.05, 3.63) is 23.8 Å². The summed E-state index contributed by atoms with van der Waals surface area (Å²) in [6.07, 6.45) is 10.2. The molecular weight excluding hydrogens is 172 g/mol. The summed E-state index contributed by atoms with van der Waals surface area (Å²) in [7, 11) is 0. The van der Waals surface area contributed by atoms with E-state index in [9.17, 15) is 4.79 Å². The van der Waals surface area contributed by atoms with E-state index in [0.29, 0.717) is 11.8 Å². The number of carbonyl (C=O) groups is 1. The van der Waals surface area contributed by atoms with Crippen LogP contribution in [0.3, 0.4) is 0 Å². The van der Waals surface area contributed by atoms with Crippen molar-refractivity contribution >= 4 is 5.78 Å². The Morgan fingerprint density at radius 3 is 3.00 bits per heavy atom. The lowest BCUT2D eigenvalue weighted by atomic mass is 9.77. The van der Waals surface area contributed by atoms with Crippen molar-refractivity contribution in [1.82, 2.24) is 0 Å². The molecule has 0 aromatic carbocycles. The predicted octanol–water partition coefficient (Wildman–Crippen LogP) is 3.12. The summed E-state index contributed by atoms with van der Waals surface area (Å²) in [5, 5.41) is 0. The molecule has 2 aliphatic rings. The topological polar surface area (TPSA) is 17.1 Å². The molecule has 1 nitrogen and oxygen atoms in total. The minimum absolute atomic E-state index is 0.266. The van der Waals surface area contributed by atoms with Crippen molar-refractivity contribution < 1.29 is 4.79 Å². The van der Waals surface area contributed by atoms with Gasteiger partial charge in [-0.2, -0.15) is 0 Å². The molecule has 0 heterocycles. The molecule has 0 aliphatic heterocycles. The first-order valence-electron chi connectivity index (χ1n) is 5.60. The van der Waals surface area contributed by atoms with E-state index in [0.717, 1.165) is 17.9 Å². The molecule has 0 amide bonds. The molecule has 0 N–H and O–H groups in total. The Kier molecular flexibility index (Phi) is 2.58. The van der Waals surface area contributed by atoms with Crippen LogP contribution in [0.25, 0.3) is 0 Å². The zero-order valence-corrected chi connectivity index (χ0v) is 8.99. The smallest absolute Gasteiger partial charge is 0.155 e. The molecule has 76 valence electrons. The van der Waals surface area contributed by atoms with Gasteiger partial charge in [-0.15, -0.1) is 0 Å². The number of allylic oxidation sites excluding steroid dienone is 4. The van der Waals surface area contributed by atoms with E-state index in [1.807, 2.05) is 0 Å². The van der Waals surface area contributed by atoms with Crippen molar-refractivity contribution in [3.63, 3.8) is 0 Å². The van der Waals surface area contributed by atoms with Gasteiger partial charge in [-0.1, -0.05) is 31.6 Å². The van der Waals surface area contributed by atoms with Crippen LogP contribution < -0.4 is 0 Å². The second kappa shape index (κ2) is 3.72. The number of rotatable bonds is 2. The molecule has 0 aromatic heterocycles. The van der Waals surface area contributed by atoms with Gasteiger partial charge in [0.05, 0.1) is 0 Å². The maximum Gasteiger partial charge on any atom is 0.155 e. The van der Waals surface area contributed by atoms with Gasteiger partial charge in [0.1, 0.15) is 0 Å². The highest BCUT2D eigenvalue weighted by Gasteiger charge is 2.33. The maximum atomic E-state index is 11.3. The van der Waals surface area contributed by atoms with Crippen LogP contribution in [0.2, 0.25) is 0 Å². The Bertz CT molecular complexity index is 298. The fourth-order valence-electron chi connectivity index (χ4n) is 2.78. The Labute approximate surface area is 85.9 Å². The molecule has 0 saturated heterocycles. The van der Waals surface area contributed by atoms with E-state index in [2.05, 4.69) is 25.2 Å². The summed E-state index contributed by atoms with van der Waals surface area (Å²) in [5.74, 6) is 2.29. The second-order valence-corrected chi connectivity index (χ2v) is 4.53. The van der Waals surface area contributed by atoms with Gasteiger partial charge < -0.3 is 0 Å². The van der Waals surface area contributed by atoms with Crippen LogP contribution in [-0.4, -0.2) is 5.78 Å². The van der Waals surface area contributed by atoms with Crippen LogP contribution in [0.15, 0.2) is 23.8 Å². The Morgan fingerprint density at radius 1 is 1.57 bits per heavy atom. The molecule has 0 aromatic rings. The number of ketones is 1. The molecule has 2 aliphatic carbocycles. The lowest BCUT2D eigenvalue weighted by molar-refractivity contribution is -0.113. The largest absolute Gasteiger partial charge is 0.295 e. The Hall–Kier alpha value is -0.850. The van der Waals surface area contributed by atoms with Gasteiger partial charge in [-0.05, 0) is 43.1 Å². The lowest BCUT2D eigenvalue weighted by Gasteiger charge is -2.28. The normalized spacial score (nSPS) is 35.3. The first-order valence-corrected chi connectivity index (χ1v) is 5.60. The number of hydrogen-bond acceptors (Lipinski definition) is 1. The van der Waals surface area contributed by atoms with Gasteiger partial charge in [0.25, 0.3) is 0 Å². The summed E-state index contributed by atoms with van der Waals surface area (Å²) in [6.45, 7) is 3.94. The van der Waals surface area contributed by atoms with Gasteiger partial charge in [-0.25, -0.2) is 0 Å². The van der Waals surface area contributed by atoms with E-state index in [1.54, 1.807) is 6.92 Å². The fourth-order valence-corrected chi connectivity index (χ4v) is 2.78. The molecule has 1 heteroatoms. The molecule has 0 bridgehead atoms. The van der Waals surface area contributed by atoms with Crippen molar-refractivity contribution in [2.24, 2.45) is 17.8 Å². The van der Waals surface area contributed by atoms with Crippen LogP contribution in [0, 0.1) is 17.8 Å². The standard InChI is InChI=1S/C13H18O/c1-3-10-5-4-6-11-7-12(9(2)14)8-13(10)11/h4,6,8,10-11,13H,3,5,7H2,1-2H3/t10-,11+,13+/m1/s1. The molecule has 0 unspecified atom stereocenters. The Morgan fingerprint density at radius 2 is 2.36 bits per heavy atom. The predicted molar refractivity (Wildman–Crippen MR) is 57.9 cm³/mol. The first-order chi connectivity index (χ1) is 6.72. The van der Waals surface area contributed by atoms with Crippen molar-refractivity contribution in [1.29, 1.82) is 0 Å². The molecule has 0 saturated carbocycles. The number of fused-ring (bicyclic) bond motifs is 1. The second-order valence-electron chi connectivity index (χ2n) is 4.53. The van der Waals surface area contributed by atoms with E-state index < -0.39 is 0 Å². The quantitative estimate of drug-likeness (QED) is 0.611. The summed E-state index contributed by atoms with van der Waals surface area (Å²) < 4.78 is 0. The van der Waals surface area contributed by atoms with Crippen LogP contribution in [-0.2, 0) is 4.79 Å². The van der Waals surface area contributed by atoms with E-state index in [1.165, 1.54) is 12.8 Å². The molecule has 0 fully saturated rings. The SMILES string of the molecule is CC[C@@H]1CC=C[C@H]2CC(C(C)=O)=C[C@@H]12. The van der Waals surface area contributed by atoms with E-state index >= 15 is 0 Å². The highest BCUT2D eigenvalue weighted by atomic mass is 16.1. The highest BCUT2D eigenvalue weighted by molar-refractivity contribution is 5.93. The maximum absolute atomic E-state index is 11.3. The lowest BCUT2D eigenvalue weighted by Crippen LogP contribution is -2.19. The molecule has 2 rings (SSSR count). The van der Waals surface area contributed by atoms with Gasteiger partial charge in [0.15, 0.2) is 5.78 Å². The van der Waals surface area contributed by atoms with E-state index in [4.69, 9.17) is 0 Å². The molecule has 3 atom stereocenters. The van der Waals surface area contributed by atoms with Crippen LogP contribution in [0.5, 0.6) is 0 Å². The monoisotopic (exact) mass is 190 g/mol. The fraction of sp³-hybridized carbons (Fsp3) is 0.615. The summed E-state index contributed by atoms with van der Waals surface area (Å²) in [6, 6.07) is 0. The van der Waals surface area contributed by atoms with Crippen molar-refractivity contribution in [3.8, 4) is 0 Å². The van der Waals surface area contributed by atoms with Gasteiger partial charge in [-0.3, -0.25) is 4.79 Å². The van der Waals surface area contributed by atoms with Crippen LogP contribution in [0.1, 0.15) is 33.1 Å². The zero-order chi connectivity index (χ0) is 10.1. The van der Waals surface area contributed by atoms with Crippen LogP contribution >= 0.6 is 0 Å². The third-order valence-electron chi connectivity index (χ3n) is 3.69. The minimum atomic E-state index is 0.266. The summed E-state index contributed by atoms with van der Waals surface area (Å²) >= 11 is 0. The van der Waals surface area contributed by atoms with Gasteiger partial charge >= 0.3 is 0 Å². The molecule has 0 spiro atoms. The van der Waals surface area contributed by atoms with E-state index in [-0.39, 0.29) is 5.78 Å². The summed E-state index contributed by atoms with van der Waals surface area (Å²) in [5.41, 5.74) is 1.06. The highest BCUT2D eigenvalue weighted by Crippen LogP contribution is 2.42. The number of Topliss-reactive ketones (excluding diaryl/α,β-unsaturated/α-hetero) is 1. The molecule has 0 radical (unpaired) electrons. The molecule has 14 heavy (non-hydrogen) atoms. The third kappa shape index (κ3) is 1.56. The third-order valence-corrected chi connectivity index (χ3v) is 3.69. The summed E-state index contributed by atoms with van der Waals surface area (Å²) in [4.78, 5) is 11.3. The van der Waals surface area contributed by atoms with Crippen molar-refractivity contribution in [2.45, 2.75) is 33.1 Å². The number of carbonyl (C=O) groups excluding carboxylic acids is 1. The van der Waals surface area contributed by atoms with Gasteiger partial charge in [0.2, 0.25) is 0 Å². The minimum Gasteiger partial charge on any atom is -0.295 e. The Balaban J connectivity index is 2.20. The van der Waals surface area contributed by atoms with Gasteiger partial charge in [0, 0.05) is 0 Å². The first kappa shape index (κ1) is 9.70. The average Bonchev–Trinajstić information content (AvgIpc) is 2.60. The molecular formula is C13H18O.